The van der Waals surface area contributed by atoms with Gasteiger partial charge in [-0.25, -0.2) is 4.98 Å². The third kappa shape index (κ3) is 3.49. The van der Waals surface area contributed by atoms with Crippen LogP contribution in [-0.4, -0.2) is 52.2 Å². The lowest BCUT2D eigenvalue weighted by molar-refractivity contribution is 0.134. The van der Waals surface area contributed by atoms with Gasteiger partial charge in [-0.2, -0.15) is 0 Å². The Kier molecular flexibility index (Phi) is 4.97. The lowest BCUT2D eigenvalue weighted by atomic mass is 9.91. The van der Waals surface area contributed by atoms with Crippen molar-refractivity contribution in [1.82, 2.24) is 14.5 Å². The standard InChI is InChI=1S/C27H34N6O/c1-18-14-32(23-13-25(34)30(3)26-22(23)6-4-10-29-26)16-24-21-8-7-20(12-19(21)15-33(18)24)31-11-5-9-27(2,28)17-31/h4,6-8,10,12-13,18,24H,5,9,11,14-17,28H2,1-3H3. The second-order valence-corrected chi connectivity index (χ2v) is 10.8. The summed E-state index contributed by atoms with van der Waals surface area (Å²) in [5.41, 5.74) is 12.2. The Morgan fingerprint density at radius 2 is 2.00 bits per heavy atom. The van der Waals surface area contributed by atoms with Gasteiger partial charge in [0.1, 0.15) is 5.65 Å². The molecule has 3 atom stereocenters. The maximum absolute atomic E-state index is 12.7. The monoisotopic (exact) mass is 458 g/mol. The van der Waals surface area contributed by atoms with Gasteiger partial charge in [0.2, 0.25) is 0 Å². The van der Waals surface area contributed by atoms with E-state index in [1.165, 1.54) is 16.8 Å². The summed E-state index contributed by atoms with van der Waals surface area (Å²) in [4.78, 5) is 24.7. The Labute approximate surface area is 200 Å². The van der Waals surface area contributed by atoms with E-state index in [4.69, 9.17) is 5.73 Å². The fourth-order valence-corrected chi connectivity index (χ4v) is 6.32. The fraction of sp³-hybridized carbons (Fsp3) is 0.481. The van der Waals surface area contributed by atoms with E-state index in [1.54, 1.807) is 23.9 Å². The Bertz CT molecular complexity index is 1310. The number of aromatic nitrogens is 2. The van der Waals surface area contributed by atoms with Crippen molar-refractivity contribution in [3.8, 4) is 0 Å². The van der Waals surface area contributed by atoms with Gasteiger partial charge >= 0.3 is 0 Å². The van der Waals surface area contributed by atoms with Gasteiger partial charge in [0.25, 0.3) is 5.56 Å². The number of nitrogens with two attached hydrogens (primary N) is 1. The predicted molar refractivity (Wildman–Crippen MR) is 137 cm³/mol. The van der Waals surface area contributed by atoms with Crippen LogP contribution in [0.2, 0.25) is 0 Å². The van der Waals surface area contributed by atoms with Crippen molar-refractivity contribution in [2.45, 2.75) is 50.9 Å². The zero-order chi connectivity index (χ0) is 23.6. The van der Waals surface area contributed by atoms with E-state index in [2.05, 4.69) is 57.8 Å². The molecule has 34 heavy (non-hydrogen) atoms. The lowest BCUT2D eigenvalue weighted by Crippen LogP contribution is -2.52. The SMILES string of the molecule is CC1CN(c2cc(=O)n(C)c3ncccc23)CC2c3ccc(N4CCCC(C)(N)C4)cc3CN12. The van der Waals surface area contributed by atoms with Crippen molar-refractivity contribution in [2.24, 2.45) is 12.8 Å². The van der Waals surface area contributed by atoms with Crippen molar-refractivity contribution in [3.63, 3.8) is 0 Å². The van der Waals surface area contributed by atoms with Gasteiger partial charge in [0, 0.05) is 74.7 Å². The molecule has 0 amide bonds. The molecule has 7 nitrogen and oxygen atoms in total. The Hall–Kier alpha value is -2.90. The van der Waals surface area contributed by atoms with Crippen LogP contribution in [0.3, 0.4) is 0 Å². The smallest absolute Gasteiger partial charge is 0.253 e. The molecule has 0 radical (unpaired) electrons. The molecule has 3 aliphatic heterocycles. The molecule has 0 saturated carbocycles. The van der Waals surface area contributed by atoms with Gasteiger partial charge in [-0.15, -0.1) is 0 Å². The predicted octanol–water partition coefficient (Wildman–Crippen LogP) is 3.02. The summed E-state index contributed by atoms with van der Waals surface area (Å²) in [5.74, 6) is 0. The number of nitrogens with zero attached hydrogens (tertiary/aromatic N) is 5. The summed E-state index contributed by atoms with van der Waals surface area (Å²) in [6, 6.07) is 13.5. The molecule has 3 aliphatic rings. The van der Waals surface area contributed by atoms with E-state index >= 15 is 0 Å². The number of hydrogen-bond donors (Lipinski definition) is 1. The largest absolute Gasteiger partial charge is 0.370 e. The number of fused-ring (bicyclic) bond motifs is 4. The van der Waals surface area contributed by atoms with E-state index in [1.807, 2.05) is 6.07 Å². The third-order valence-corrected chi connectivity index (χ3v) is 8.09. The molecule has 2 aromatic heterocycles. The van der Waals surface area contributed by atoms with E-state index in [9.17, 15) is 4.79 Å². The van der Waals surface area contributed by atoms with Crippen LogP contribution in [0.25, 0.3) is 11.0 Å². The first-order valence-electron chi connectivity index (χ1n) is 12.4. The summed E-state index contributed by atoms with van der Waals surface area (Å²) < 4.78 is 1.64. The minimum absolute atomic E-state index is 0.0128. The molecule has 7 heteroatoms. The van der Waals surface area contributed by atoms with Crippen molar-refractivity contribution in [3.05, 3.63) is 64.1 Å². The highest BCUT2D eigenvalue weighted by Crippen LogP contribution is 2.42. The average molecular weight is 459 g/mol. The van der Waals surface area contributed by atoms with Crippen LogP contribution >= 0.6 is 0 Å². The molecule has 2 N–H and O–H groups in total. The van der Waals surface area contributed by atoms with E-state index in [0.717, 1.165) is 62.3 Å². The molecule has 0 bridgehead atoms. The number of pyridine rings is 2. The highest BCUT2D eigenvalue weighted by atomic mass is 16.1. The third-order valence-electron chi connectivity index (χ3n) is 8.09. The van der Waals surface area contributed by atoms with Crippen molar-refractivity contribution in [1.29, 1.82) is 0 Å². The molecule has 0 aliphatic carbocycles. The summed E-state index contributed by atoms with van der Waals surface area (Å²) in [5, 5.41) is 1.04. The number of rotatable bonds is 2. The Morgan fingerprint density at radius 1 is 1.15 bits per heavy atom. The first-order chi connectivity index (χ1) is 16.3. The van der Waals surface area contributed by atoms with Crippen LogP contribution in [0, 0.1) is 0 Å². The number of piperazine rings is 1. The summed E-state index contributed by atoms with van der Waals surface area (Å²) >= 11 is 0. The Morgan fingerprint density at radius 3 is 2.82 bits per heavy atom. The first kappa shape index (κ1) is 21.6. The second kappa shape index (κ2) is 7.82. The molecular weight excluding hydrogens is 424 g/mol. The van der Waals surface area contributed by atoms with E-state index < -0.39 is 0 Å². The number of piperidine rings is 1. The maximum atomic E-state index is 12.7. The van der Waals surface area contributed by atoms with Crippen LogP contribution in [-0.2, 0) is 13.6 Å². The summed E-state index contributed by atoms with van der Waals surface area (Å²) in [7, 11) is 1.79. The number of anilines is 2. The normalized spacial score (nSPS) is 27.2. The molecule has 2 saturated heterocycles. The molecule has 2 fully saturated rings. The van der Waals surface area contributed by atoms with Gasteiger partial charge in [-0.1, -0.05) is 6.07 Å². The lowest BCUT2D eigenvalue weighted by Gasteiger charge is -2.43. The van der Waals surface area contributed by atoms with Crippen molar-refractivity contribution >= 4 is 22.4 Å². The van der Waals surface area contributed by atoms with Crippen molar-refractivity contribution in [2.75, 3.05) is 36.0 Å². The molecule has 0 spiro atoms. The highest BCUT2D eigenvalue weighted by molar-refractivity contribution is 5.89. The highest BCUT2D eigenvalue weighted by Gasteiger charge is 2.39. The fourth-order valence-electron chi connectivity index (χ4n) is 6.32. The average Bonchev–Trinajstić information content (AvgIpc) is 3.19. The van der Waals surface area contributed by atoms with Crippen LogP contribution in [0.4, 0.5) is 11.4 Å². The minimum atomic E-state index is -0.117. The van der Waals surface area contributed by atoms with Gasteiger partial charge in [-0.05, 0) is 62.1 Å². The summed E-state index contributed by atoms with van der Waals surface area (Å²) in [6.45, 7) is 9.21. The zero-order valence-electron chi connectivity index (χ0n) is 20.4. The molecule has 3 aromatic rings. The molecule has 3 unspecified atom stereocenters. The van der Waals surface area contributed by atoms with Crippen LogP contribution in [0.5, 0.6) is 0 Å². The molecular formula is C27H34N6O. The summed E-state index contributed by atoms with van der Waals surface area (Å²) in [6.07, 6.45) is 3.99. The quantitative estimate of drug-likeness (QED) is 0.637. The van der Waals surface area contributed by atoms with Gasteiger partial charge in [-0.3, -0.25) is 14.3 Å². The van der Waals surface area contributed by atoms with Gasteiger partial charge in [0.15, 0.2) is 0 Å². The van der Waals surface area contributed by atoms with Crippen LogP contribution in [0.1, 0.15) is 43.9 Å². The van der Waals surface area contributed by atoms with Crippen LogP contribution in [0.15, 0.2) is 47.4 Å². The van der Waals surface area contributed by atoms with E-state index in [-0.39, 0.29) is 11.1 Å². The zero-order valence-corrected chi connectivity index (χ0v) is 20.4. The topological polar surface area (TPSA) is 70.6 Å². The van der Waals surface area contributed by atoms with Crippen molar-refractivity contribution < 1.29 is 0 Å². The molecule has 5 heterocycles. The molecule has 6 rings (SSSR count). The second-order valence-electron chi connectivity index (χ2n) is 10.8. The van der Waals surface area contributed by atoms with E-state index in [0.29, 0.717) is 12.1 Å². The molecule has 178 valence electrons. The van der Waals surface area contributed by atoms with Crippen LogP contribution < -0.4 is 21.1 Å². The first-order valence-corrected chi connectivity index (χ1v) is 12.4. The minimum Gasteiger partial charge on any atom is -0.370 e. The maximum Gasteiger partial charge on any atom is 0.253 e. The van der Waals surface area contributed by atoms with Gasteiger partial charge < -0.3 is 15.5 Å². The number of aryl methyl sites for hydroxylation is 1. The van der Waals surface area contributed by atoms with Gasteiger partial charge in [0.05, 0.1) is 11.7 Å². The Balaban J connectivity index is 1.33. The number of benzene rings is 1. The molecule has 1 aromatic carbocycles. The number of hydrogen-bond acceptors (Lipinski definition) is 6.